The van der Waals surface area contributed by atoms with E-state index in [4.69, 9.17) is 4.74 Å². The lowest BCUT2D eigenvalue weighted by molar-refractivity contribution is 0.250. The summed E-state index contributed by atoms with van der Waals surface area (Å²) in [5, 5.41) is 5.26. The van der Waals surface area contributed by atoms with Gasteiger partial charge in [0, 0.05) is 19.3 Å². The van der Waals surface area contributed by atoms with Crippen molar-refractivity contribution in [1.82, 2.24) is 14.6 Å². The number of hydrogen-bond donors (Lipinski definition) is 0. The summed E-state index contributed by atoms with van der Waals surface area (Å²) in [6.45, 7) is 8.72. The van der Waals surface area contributed by atoms with Gasteiger partial charge in [-0.05, 0) is 111 Å². The third-order valence-corrected chi connectivity index (χ3v) is 8.70. The molecule has 1 aliphatic carbocycles. The molecule has 1 spiro atoms. The highest BCUT2D eigenvalue weighted by Gasteiger charge is 2.46. The van der Waals surface area contributed by atoms with Crippen LogP contribution >= 0.6 is 0 Å². The van der Waals surface area contributed by atoms with Crippen molar-refractivity contribution in [2.75, 3.05) is 25.2 Å². The van der Waals surface area contributed by atoms with E-state index in [1.54, 1.807) is 12.7 Å². The van der Waals surface area contributed by atoms with Crippen LogP contribution in [0.25, 0.3) is 11.8 Å². The van der Waals surface area contributed by atoms with Crippen LogP contribution in [-0.4, -0.2) is 34.8 Å². The zero-order valence-electron chi connectivity index (χ0n) is 23.3. The molecule has 1 saturated carbocycles. The predicted octanol–water partition coefficient (Wildman–Crippen LogP) is 7.64. The van der Waals surface area contributed by atoms with Crippen molar-refractivity contribution < 1.29 is 4.74 Å². The summed E-state index contributed by atoms with van der Waals surface area (Å²) in [5.74, 6) is 0.865. The van der Waals surface area contributed by atoms with E-state index in [0.29, 0.717) is 5.41 Å². The Bertz CT molecular complexity index is 1380. The SMILES string of the molecule is CCC1=C2C(=Cc3ccc(-n4cnc(C)c4)c(OC)c3)CCCN2N(c2ccc(C)cc2)CC2(CC1)CC2. The lowest BCUT2D eigenvalue weighted by atomic mass is 9.88. The molecule has 3 aromatic rings. The molecule has 198 valence electrons. The number of aromatic nitrogens is 2. The molecule has 3 heterocycles. The lowest BCUT2D eigenvalue weighted by Crippen LogP contribution is -2.49. The highest BCUT2D eigenvalue weighted by molar-refractivity contribution is 5.64. The fourth-order valence-corrected chi connectivity index (χ4v) is 6.25. The second kappa shape index (κ2) is 10.0. The molecule has 0 amide bonds. The quantitative estimate of drug-likeness (QED) is 0.355. The number of nitrogens with zero attached hydrogens (tertiary/aromatic N) is 4. The number of aryl methyl sites for hydroxylation is 2. The summed E-state index contributed by atoms with van der Waals surface area (Å²) in [6, 6.07) is 15.7. The van der Waals surface area contributed by atoms with Gasteiger partial charge in [0.15, 0.2) is 0 Å². The first-order valence-corrected chi connectivity index (χ1v) is 14.2. The maximum absolute atomic E-state index is 5.83. The molecule has 3 aliphatic rings. The number of hydrogen-bond acceptors (Lipinski definition) is 4. The zero-order chi connectivity index (χ0) is 26.3. The number of allylic oxidation sites excluding steroid dienone is 2. The lowest BCUT2D eigenvalue weighted by Gasteiger charge is -2.47. The summed E-state index contributed by atoms with van der Waals surface area (Å²) in [5.41, 5.74) is 10.8. The van der Waals surface area contributed by atoms with Gasteiger partial charge in [0.2, 0.25) is 0 Å². The van der Waals surface area contributed by atoms with Crippen LogP contribution in [0, 0.1) is 19.3 Å². The second-order valence-corrected chi connectivity index (χ2v) is 11.4. The predicted molar refractivity (Wildman–Crippen MR) is 156 cm³/mol. The second-order valence-electron chi connectivity index (χ2n) is 11.4. The average Bonchev–Trinajstić information content (AvgIpc) is 3.57. The molecule has 38 heavy (non-hydrogen) atoms. The van der Waals surface area contributed by atoms with Gasteiger partial charge in [0.05, 0.1) is 36.2 Å². The van der Waals surface area contributed by atoms with Crippen molar-refractivity contribution >= 4 is 11.8 Å². The van der Waals surface area contributed by atoms with Crippen molar-refractivity contribution in [1.29, 1.82) is 0 Å². The molecule has 2 fully saturated rings. The van der Waals surface area contributed by atoms with Crippen LogP contribution in [0.2, 0.25) is 0 Å². The molecule has 0 atom stereocenters. The highest BCUT2D eigenvalue weighted by Crippen LogP contribution is 2.53. The smallest absolute Gasteiger partial charge is 0.143 e. The molecular weight excluding hydrogens is 468 g/mol. The fourth-order valence-electron chi connectivity index (χ4n) is 6.25. The largest absolute Gasteiger partial charge is 0.495 e. The number of piperidine rings is 1. The molecule has 0 radical (unpaired) electrons. The van der Waals surface area contributed by atoms with Gasteiger partial charge >= 0.3 is 0 Å². The molecule has 0 unspecified atom stereocenters. The summed E-state index contributed by atoms with van der Waals surface area (Å²) >= 11 is 0. The number of anilines is 1. The number of rotatable bonds is 5. The minimum atomic E-state index is 0.479. The molecule has 5 nitrogen and oxygen atoms in total. The van der Waals surface area contributed by atoms with E-state index in [-0.39, 0.29) is 0 Å². The van der Waals surface area contributed by atoms with E-state index >= 15 is 0 Å². The topological polar surface area (TPSA) is 33.5 Å². The van der Waals surface area contributed by atoms with E-state index in [1.165, 1.54) is 53.8 Å². The Balaban J connectivity index is 1.41. The van der Waals surface area contributed by atoms with Crippen LogP contribution < -0.4 is 9.75 Å². The molecule has 6 rings (SSSR count). The number of ether oxygens (including phenoxy) is 1. The molecule has 1 saturated heterocycles. The zero-order valence-corrected chi connectivity index (χ0v) is 23.3. The number of benzene rings is 2. The van der Waals surface area contributed by atoms with E-state index in [1.807, 2.05) is 24.0 Å². The molecule has 2 aliphatic heterocycles. The van der Waals surface area contributed by atoms with E-state index in [0.717, 1.165) is 49.5 Å². The normalized spacial score (nSPS) is 19.9. The standard InChI is InChI=1S/C33H40N4O/c1-5-27-14-15-33(16-17-33)22-37(29-11-8-24(2)9-12-29)36-18-6-7-28(32(27)36)19-26-10-13-30(31(20-26)38-4)35-21-25(3)34-23-35/h8-13,19-21,23H,5-7,14-18,22H2,1-4H3. The Kier molecular flexibility index (Phi) is 6.55. The fraction of sp³-hybridized carbons (Fsp3) is 0.424. The summed E-state index contributed by atoms with van der Waals surface area (Å²) < 4.78 is 7.86. The van der Waals surface area contributed by atoms with Crippen LogP contribution in [0.1, 0.15) is 68.7 Å². The maximum Gasteiger partial charge on any atom is 0.143 e. The van der Waals surface area contributed by atoms with Crippen LogP contribution in [-0.2, 0) is 0 Å². The minimum Gasteiger partial charge on any atom is -0.495 e. The molecule has 2 aromatic carbocycles. The van der Waals surface area contributed by atoms with Gasteiger partial charge in [0.25, 0.3) is 0 Å². The first-order chi connectivity index (χ1) is 18.5. The third-order valence-electron chi connectivity index (χ3n) is 8.70. The van der Waals surface area contributed by atoms with Crippen molar-refractivity contribution in [3.63, 3.8) is 0 Å². The van der Waals surface area contributed by atoms with Gasteiger partial charge in [-0.1, -0.05) is 30.7 Å². The molecule has 0 N–H and O–H groups in total. The summed E-state index contributed by atoms with van der Waals surface area (Å²) in [7, 11) is 1.75. The Morgan fingerprint density at radius 2 is 1.82 bits per heavy atom. The van der Waals surface area contributed by atoms with Gasteiger partial charge < -0.3 is 9.30 Å². The van der Waals surface area contributed by atoms with Crippen molar-refractivity contribution in [2.24, 2.45) is 5.41 Å². The molecule has 1 aromatic heterocycles. The Labute approximate surface area is 227 Å². The monoisotopic (exact) mass is 508 g/mol. The third kappa shape index (κ3) is 4.75. The first kappa shape index (κ1) is 24.8. The molecule has 5 heteroatoms. The van der Waals surface area contributed by atoms with E-state index in [9.17, 15) is 0 Å². The Hall–Kier alpha value is -3.47. The first-order valence-electron chi connectivity index (χ1n) is 14.2. The maximum atomic E-state index is 5.83. The van der Waals surface area contributed by atoms with Crippen LogP contribution in [0.15, 0.2) is 71.8 Å². The Morgan fingerprint density at radius 1 is 1.00 bits per heavy atom. The number of methoxy groups -OCH3 is 1. The number of imidazole rings is 1. The van der Waals surface area contributed by atoms with Crippen LogP contribution in [0.5, 0.6) is 5.75 Å². The summed E-state index contributed by atoms with van der Waals surface area (Å²) in [6.07, 6.45) is 14.9. The average molecular weight is 509 g/mol. The van der Waals surface area contributed by atoms with Gasteiger partial charge in [0.1, 0.15) is 5.75 Å². The van der Waals surface area contributed by atoms with Crippen molar-refractivity contribution in [3.05, 3.63) is 88.7 Å². The Morgan fingerprint density at radius 3 is 2.50 bits per heavy atom. The minimum absolute atomic E-state index is 0.479. The van der Waals surface area contributed by atoms with Crippen LogP contribution in [0.4, 0.5) is 5.69 Å². The van der Waals surface area contributed by atoms with Crippen molar-refractivity contribution in [2.45, 2.75) is 65.7 Å². The number of hydrazine groups is 1. The van der Waals surface area contributed by atoms with Crippen LogP contribution in [0.3, 0.4) is 0 Å². The summed E-state index contributed by atoms with van der Waals surface area (Å²) in [4.78, 5) is 4.39. The van der Waals surface area contributed by atoms with Gasteiger partial charge in [-0.3, -0.25) is 10.0 Å². The van der Waals surface area contributed by atoms with Gasteiger partial charge in [-0.25, -0.2) is 4.98 Å². The molecular formula is C33H40N4O. The van der Waals surface area contributed by atoms with E-state index in [2.05, 4.69) is 77.4 Å². The molecule has 0 bridgehead atoms. The van der Waals surface area contributed by atoms with Gasteiger partial charge in [-0.2, -0.15) is 0 Å². The highest BCUT2D eigenvalue weighted by atomic mass is 16.5. The van der Waals surface area contributed by atoms with Crippen molar-refractivity contribution in [3.8, 4) is 11.4 Å². The number of fused-ring (bicyclic) bond motifs is 1. The van der Waals surface area contributed by atoms with E-state index < -0.39 is 0 Å². The van der Waals surface area contributed by atoms with Gasteiger partial charge in [-0.15, -0.1) is 0 Å².